The fourth-order valence-electron chi connectivity index (χ4n) is 2.55. The van der Waals surface area contributed by atoms with Crippen LogP contribution in [0.2, 0.25) is 0 Å². The van der Waals surface area contributed by atoms with Crippen molar-refractivity contribution in [1.29, 1.82) is 0 Å². The van der Waals surface area contributed by atoms with Crippen LogP contribution in [0.4, 0.5) is 0 Å². The molecule has 1 aliphatic heterocycles. The van der Waals surface area contributed by atoms with Crippen LogP contribution in [0.5, 0.6) is 0 Å². The van der Waals surface area contributed by atoms with E-state index in [4.69, 9.17) is 9.47 Å². The molecule has 1 aliphatic rings. The molecule has 0 saturated carbocycles. The first-order chi connectivity index (χ1) is 10.9. The predicted octanol–water partition coefficient (Wildman–Crippen LogP) is 3.42. The molecule has 2 atom stereocenters. The third-order valence-electron chi connectivity index (χ3n) is 3.62. The first-order valence-corrected chi connectivity index (χ1v) is 9.46. The zero-order valence-electron chi connectivity index (χ0n) is 12.6. The van der Waals surface area contributed by atoms with Gasteiger partial charge in [0.05, 0.1) is 0 Å². The van der Waals surface area contributed by atoms with Gasteiger partial charge in [0, 0.05) is 0 Å². The first kappa shape index (κ1) is 15.4. The van der Waals surface area contributed by atoms with E-state index in [-0.39, 0.29) is 27.2 Å². The molecule has 1 heterocycles. The van der Waals surface area contributed by atoms with Crippen LogP contribution in [0.25, 0.3) is 0 Å². The SMILES string of the molecule is CCO[C@H]1C[C@@H](c2ccccc2)O/C1=C\[Se]c1ccccc1. The molecule has 0 unspecified atom stereocenters. The summed E-state index contributed by atoms with van der Waals surface area (Å²) in [6.45, 7) is 2.75. The predicted molar refractivity (Wildman–Crippen MR) is 90.2 cm³/mol. The topological polar surface area (TPSA) is 18.5 Å². The van der Waals surface area contributed by atoms with E-state index in [1.807, 2.05) is 19.1 Å². The molecule has 114 valence electrons. The molecule has 0 radical (unpaired) electrons. The summed E-state index contributed by atoms with van der Waals surface area (Å²) in [5.41, 5.74) is 1.22. The quantitative estimate of drug-likeness (QED) is 0.762. The molecule has 0 aliphatic carbocycles. The Bertz CT molecular complexity index is 610. The van der Waals surface area contributed by atoms with Crippen molar-refractivity contribution in [3.8, 4) is 0 Å². The van der Waals surface area contributed by atoms with E-state index in [0.29, 0.717) is 6.61 Å². The number of hydrogen-bond donors (Lipinski definition) is 0. The molecule has 0 aromatic heterocycles. The maximum absolute atomic E-state index is 6.19. The van der Waals surface area contributed by atoms with Gasteiger partial charge in [-0.05, 0) is 0 Å². The molecule has 22 heavy (non-hydrogen) atoms. The van der Waals surface area contributed by atoms with E-state index in [2.05, 4.69) is 53.5 Å². The van der Waals surface area contributed by atoms with E-state index >= 15 is 0 Å². The molecule has 0 amide bonds. The summed E-state index contributed by atoms with van der Waals surface area (Å²) in [7, 11) is 0. The van der Waals surface area contributed by atoms with Crippen molar-refractivity contribution in [2.45, 2.75) is 25.6 Å². The van der Waals surface area contributed by atoms with E-state index in [1.165, 1.54) is 10.0 Å². The Morgan fingerprint density at radius 1 is 1.09 bits per heavy atom. The fourth-order valence-corrected chi connectivity index (χ4v) is 4.17. The number of rotatable bonds is 5. The fraction of sp³-hybridized carbons (Fsp3) is 0.263. The monoisotopic (exact) mass is 360 g/mol. The second-order valence-corrected chi connectivity index (χ2v) is 7.13. The van der Waals surface area contributed by atoms with Crippen LogP contribution in [0, 0.1) is 0 Å². The van der Waals surface area contributed by atoms with Crippen LogP contribution >= 0.6 is 0 Å². The van der Waals surface area contributed by atoms with Gasteiger partial charge in [0.1, 0.15) is 0 Å². The molecule has 3 rings (SSSR count). The molecule has 2 nitrogen and oxygen atoms in total. The molecule has 0 bridgehead atoms. The zero-order valence-corrected chi connectivity index (χ0v) is 14.4. The van der Waals surface area contributed by atoms with Crippen LogP contribution in [0.1, 0.15) is 25.0 Å². The minimum atomic E-state index is 0.0841. The average molecular weight is 359 g/mol. The van der Waals surface area contributed by atoms with Crippen molar-refractivity contribution < 1.29 is 9.47 Å². The summed E-state index contributed by atoms with van der Waals surface area (Å²) >= 11 is 0.275. The van der Waals surface area contributed by atoms with Gasteiger partial charge in [-0.1, -0.05) is 0 Å². The Kier molecular flexibility index (Phi) is 5.33. The summed E-state index contributed by atoms with van der Waals surface area (Å²) in [5.74, 6) is 1.000. The molecule has 0 spiro atoms. The number of ether oxygens (including phenoxy) is 2. The zero-order chi connectivity index (χ0) is 15.2. The second-order valence-electron chi connectivity index (χ2n) is 5.15. The summed E-state index contributed by atoms with van der Waals surface area (Å²) < 4.78 is 13.4. The van der Waals surface area contributed by atoms with Crippen molar-refractivity contribution in [2.75, 3.05) is 6.61 Å². The van der Waals surface area contributed by atoms with Gasteiger partial charge in [-0.2, -0.15) is 0 Å². The van der Waals surface area contributed by atoms with Gasteiger partial charge in [-0.15, -0.1) is 0 Å². The van der Waals surface area contributed by atoms with Gasteiger partial charge in [-0.3, -0.25) is 0 Å². The molecule has 2 aromatic carbocycles. The van der Waals surface area contributed by atoms with Gasteiger partial charge < -0.3 is 0 Å². The summed E-state index contributed by atoms with van der Waals surface area (Å²) in [6.07, 6.45) is 1.09. The summed E-state index contributed by atoms with van der Waals surface area (Å²) in [5, 5.41) is 0. The van der Waals surface area contributed by atoms with E-state index in [1.54, 1.807) is 0 Å². The van der Waals surface area contributed by atoms with E-state index < -0.39 is 0 Å². The van der Waals surface area contributed by atoms with Crippen LogP contribution in [0.15, 0.2) is 71.4 Å². The van der Waals surface area contributed by atoms with Gasteiger partial charge in [-0.25, -0.2) is 0 Å². The molecule has 1 fully saturated rings. The van der Waals surface area contributed by atoms with Gasteiger partial charge in [0.25, 0.3) is 0 Å². The molecule has 1 saturated heterocycles. The van der Waals surface area contributed by atoms with Gasteiger partial charge >= 0.3 is 138 Å². The molecule has 0 N–H and O–H groups in total. The van der Waals surface area contributed by atoms with Crippen molar-refractivity contribution >= 4 is 19.4 Å². The van der Waals surface area contributed by atoms with Crippen molar-refractivity contribution in [3.63, 3.8) is 0 Å². The van der Waals surface area contributed by atoms with E-state index in [0.717, 1.165) is 12.2 Å². The van der Waals surface area contributed by atoms with Crippen LogP contribution < -0.4 is 4.46 Å². The second kappa shape index (κ2) is 7.64. The molecule has 3 heteroatoms. The van der Waals surface area contributed by atoms with E-state index in [9.17, 15) is 0 Å². The first-order valence-electron chi connectivity index (χ1n) is 7.62. The molecular weight excluding hydrogens is 339 g/mol. The van der Waals surface area contributed by atoms with Gasteiger partial charge in [0.15, 0.2) is 0 Å². The normalized spacial score (nSPS) is 22.7. The Morgan fingerprint density at radius 3 is 2.45 bits per heavy atom. The Hall–Kier alpha value is -1.54. The van der Waals surface area contributed by atoms with Crippen LogP contribution in [-0.4, -0.2) is 27.7 Å². The van der Waals surface area contributed by atoms with Crippen LogP contribution in [0.3, 0.4) is 0 Å². The average Bonchev–Trinajstić information content (AvgIpc) is 2.98. The molecular formula is C19H20O2Se. The minimum absolute atomic E-state index is 0.0841. The number of hydrogen-bond acceptors (Lipinski definition) is 2. The Balaban J connectivity index is 1.74. The molecule has 2 aromatic rings. The maximum atomic E-state index is 6.19. The Morgan fingerprint density at radius 2 is 1.77 bits per heavy atom. The Labute approximate surface area is 138 Å². The van der Waals surface area contributed by atoms with Crippen LogP contribution in [-0.2, 0) is 9.47 Å². The summed E-state index contributed by atoms with van der Waals surface area (Å²) in [6, 6.07) is 20.9. The number of benzene rings is 2. The van der Waals surface area contributed by atoms with Crippen molar-refractivity contribution in [2.24, 2.45) is 0 Å². The standard InChI is InChI=1S/C19H20O2Se/c1-2-20-18-13-17(15-9-5-3-6-10-15)21-19(18)14-22-16-11-7-4-8-12-16/h3-12,14,17-18H,2,13H2,1H3/b19-14-/t17-,18-/m0/s1. The van der Waals surface area contributed by atoms with Gasteiger partial charge in [0.2, 0.25) is 0 Å². The van der Waals surface area contributed by atoms with Crippen molar-refractivity contribution in [1.82, 2.24) is 0 Å². The third-order valence-corrected chi connectivity index (χ3v) is 5.49. The van der Waals surface area contributed by atoms with Crippen molar-refractivity contribution in [3.05, 3.63) is 77.0 Å². The third kappa shape index (κ3) is 3.80. The summed E-state index contributed by atoms with van der Waals surface area (Å²) in [4.78, 5) is 2.23.